The summed E-state index contributed by atoms with van der Waals surface area (Å²) in [6, 6.07) is 0. The predicted molar refractivity (Wildman–Crippen MR) is 44.5 cm³/mol. The van der Waals surface area contributed by atoms with Crippen molar-refractivity contribution in [2.24, 2.45) is 0 Å². The normalized spacial score (nSPS) is 10.1. The third-order valence-electron chi connectivity index (χ3n) is 1.40. The molecule has 0 radical (unpaired) electrons. The molecule has 0 bridgehead atoms. The lowest BCUT2D eigenvalue weighted by atomic mass is 10.3. The highest BCUT2D eigenvalue weighted by Crippen LogP contribution is 2.03. The molecule has 0 saturated carbocycles. The van der Waals surface area contributed by atoms with E-state index >= 15 is 0 Å². The first-order chi connectivity index (χ1) is 5.65. The molecule has 1 rings (SSSR count). The molecule has 1 aromatic heterocycles. The third kappa shape index (κ3) is 1.54. The topological polar surface area (TPSA) is 118 Å². The number of hydrogen-bond acceptors (Lipinski definition) is 5. The SMILES string of the molecule is Nc1nc(CCO)c(N)c(=O)[nH]1. The molecule has 0 aromatic carbocycles. The molecule has 0 aliphatic rings. The standard InChI is InChI=1S/C6H10N4O2/c7-4-3(1-2-11)9-6(8)10-5(4)12/h11H,1-2,7H2,(H3,8,9,10,12). The average molecular weight is 170 g/mol. The second-order valence-corrected chi connectivity index (χ2v) is 2.29. The molecular formula is C6H10N4O2. The Balaban J connectivity index is 3.18. The molecule has 0 amide bonds. The van der Waals surface area contributed by atoms with E-state index < -0.39 is 5.56 Å². The molecule has 66 valence electrons. The van der Waals surface area contributed by atoms with Crippen molar-refractivity contribution in [3.8, 4) is 0 Å². The first-order valence-corrected chi connectivity index (χ1v) is 3.40. The fourth-order valence-electron chi connectivity index (χ4n) is 0.845. The van der Waals surface area contributed by atoms with Gasteiger partial charge in [0.05, 0.1) is 5.69 Å². The van der Waals surface area contributed by atoms with Crippen LogP contribution in [0.2, 0.25) is 0 Å². The van der Waals surface area contributed by atoms with Crippen LogP contribution >= 0.6 is 0 Å². The maximum absolute atomic E-state index is 11.0. The molecular weight excluding hydrogens is 160 g/mol. The van der Waals surface area contributed by atoms with Crippen molar-refractivity contribution in [1.29, 1.82) is 0 Å². The Labute approximate surface area is 68.2 Å². The van der Waals surface area contributed by atoms with Gasteiger partial charge in [-0.1, -0.05) is 0 Å². The molecule has 0 aliphatic carbocycles. The lowest BCUT2D eigenvalue weighted by Crippen LogP contribution is -2.19. The zero-order valence-corrected chi connectivity index (χ0v) is 6.37. The van der Waals surface area contributed by atoms with Crippen LogP contribution in [0.1, 0.15) is 5.69 Å². The second kappa shape index (κ2) is 3.22. The Morgan fingerprint density at radius 3 is 2.75 bits per heavy atom. The van der Waals surface area contributed by atoms with Crippen molar-refractivity contribution < 1.29 is 5.11 Å². The monoisotopic (exact) mass is 170 g/mol. The predicted octanol–water partition coefficient (Wildman–Crippen LogP) is -1.53. The number of nitrogen functional groups attached to an aromatic ring is 2. The molecule has 6 nitrogen and oxygen atoms in total. The molecule has 0 saturated heterocycles. The van der Waals surface area contributed by atoms with Crippen LogP contribution in [0, 0.1) is 0 Å². The van der Waals surface area contributed by atoms with Gasteiger partial charge in [0.2, 0.25) is 5.95 Å². The molecule has 0 spiro atoms. The summed E-state index contributed by atoms with van der Waals surface area (Å²) in [6.07, 6.45) is 0.236. The number of nitrogens with zero attached hydrogens (tertiary/aromatic N) is 1. The summed E-state index contributed by atoms with van der Waals surface area (Å²) in [5.74, 6) is 0.0117. The average Bonchev–Trinajstić information content (AvgIpc) is 2.00. The van der Waals surface area contributed by atoms with Crippen LogP contribution in [-0.4, -0.2) is 21.7 Å². The van der Waals surface area contributed by atoms with Gasteiger partial charge in [-0.2, -0.15) is 0 Å². The van der Waals surface area contributed by atoms with E-state index in [1.807, 2.05) is 0 Å². The minimum Gasteiger partial charge on any atom is -0.396 e. The van der Waals surface area contributed by atoms with E-state index in [4.69, 9.17) is 16.6 Å². The Morgan fingerprint density at radius 1 is 1.50 bits per heavy atom. The number of H-pyrrole nitrogens is 1. The van der Waals surface area contributed by atoms with E-state index in [2.05, 4.69) is 9.97 Å². The first-order valence-electron chi connectivity index (χ1n) is 3.40. The van der Waals surface area contributed by atoms with Crippen molar-refractivity contribution in [3.05, 3.63) is 16.0 Å². The molecule has 12 heavy (non-hydrogen) atoms. The summed E-state index contributed by atoms with van der Waals surface area (Å²) >= 11 is 0. The maximum Gasteiger partial charge on any atom is 0.275 e. The van der Waals surface area contributed by atoms with Gasteiger partial charge in [0.15, 0.2) is 0 Å². The van der Waals surface area contributed by atoms with Crippen LogP contribution in [0.3, 0.4) is 0 Å². The Kier molecular flexibility index (Phi) is 2.29. The van der Waals surface area contributed by atoms with Crippen LogP contribution in [0.4, 0.5) is 11.6 Å². The molecule has 6 N–H and O–H groups in total. The van der Waals surface area contributed by atoms with Crippen molar-refractivity contribution in [2.45, 2.75) is 6.42 Å². The number of aromatic nitrogens is 2. The smallest absolute Gasteiger partial charge is 0.275 e. The number of hydrogen-bond donors (Lipinski definition) is 4. The van der Waals surface area contributed by atoms with Gasteiger partial charge in [-0.05, 0) is 0 Å². The van der Waals surface area contributed by atoms with Crippen molar-refractivity contribution in [1.82, 2.24) is 9.97 Å². The fraction of sp³-hybridized carbons (Fsp3) is 0.333. The van der Waals surface area contributed by atoms with Crippen molar-refractivity contribution >= 4 is 11.6 Å². The van der Waals surface area contributed by atoms with Crippen molar-refractivity contribution in [2.75, 3.05) is 18.1 Å². The molecule has 0 unspecified atom stereocenters. The quantitative estimate of drug-likeness (QED) is 0.429. The number of nitrogens with one attached hydrogen (secondary N) is 1. The molecule has 0 aliphatic heterocycles. The number of nitrogens with two attached hydrogens (primary N) is 2. The first kappa shape index (κ1) is 8.54. The van der Waals surface area contributed by atoms with E-state index in [9.17, 15) is 4.79 Å². The summed E-state index contributed by atoms with van der Waals surface area (Å²) in [7, 11) is 0. The van der Waals surface area contributed by atoms with Crippen LogP contribution in [0.25, 0.3) is 0 Å². The summed E-state index contributed by atoms with van der Waals surface area (Å²) in [5.41, 5.74) is 10.5. The van der Waals surface area contributed by atoms with Gasteiger partial charge < -0.3 is 16.6 Å². The van der Waals surface area contributed by atoms with Crippen molar-refractivity contribution in [3.63, 3.8) is 0 Å². The summed E-state index contributed by atoms with van der Waals surface area (Å²) in [5, 5.41) is 8.58. The second-order valence-electron chi connectivity index (χ2n) is 2.29. The zero-order valence-electron chi connectivity index (χ0n) is 6.37. The van der Waals surface area contributed by atoms with Crippen LogP contribution in [0.15, 0.2) is 4.79 Å². The van der Waals surface area contributed by atoms with Gasteiger partial charge in [-0.15, -0.1) is 0 Å². The van der Waals surface area contributed by atoms with Crippen LogP contribution in [-0.2, 0) is 6.42 Å². The van der Waals surface area contributed by atoms with Crippen LogP contribution in [0.5, 0.6) is 0 Å². The van der Waals surface area contributed by atoms with Gasteiger partial charge in [-0.25, -0.2) is 4.98 Å². The summed E-state index contributed by atoms with van der Waals surface area (Å²) < 4.78 is 0. The van der Waals surface area contributed by atoms with Gasteiger partial charge >= 0.3 is 0 Å². The van der Waals surface area contributed by atoms with Gasteiger partial charge in [0.1, 0.15) is 5.69 Å². The van der Waals surface area contributed by atoms with Crippen LogP contribution < -0.4 is 17.0 Å². The van der Waals surface area contributed by atoms with E-state index in [1.54, 1.807) is 0 Å². The maximum atomic E-state index is 11.0. The van der Waals surface area contributed by atoms with E-state index in [1.165, 1.54) is 0 Å². The molecule has 1 aromatic rings. The van der Waals surface area contributed by atoms with Gasteiger partial charge in [0.25, 0.3) is 5.56 Å². The van der Waals surface area contributed by atoms with E-state index in [0.29, 0.717) is 5.69 Å². The zero-order chi connectivity index (χ0) is 9.14. The fourth-order valence-corrected chi connectivity index (χ4v) is 0.845. The highest BCUT2D eigenvalue weighted by Gasteiger charge is 2.05. The summed E-state index contributed by atoms with van der Waals surface area (Å²) in [4.78, 5) is 17.0. The number of aliphatic hydroxyl groups excluding tert-OH is 1. The van der Waals surface area contributed by atoms with Gasteiger partial charge in [-0.3, -0.25) is 9.78 Å². The molecule has 1 heterocycles. The Morgan fingerprint density at radius 2 is 2.17 bits per heavy atom. The number of aliphatic hydroxyl groups is 1. The molecule has 0 fully saturated rings. The number of rotatable bonds is 2. The third-order valence-corrected chi connectivity index (χ3v) is 1.40. The minimum absolute atomic E-state index is 0.0117. The summed E-state index contributed by atoms with van der Waals surface area (Å²) in [6.45, 7) is -0.111. The lowest BCUT2D eigenvalue weighted by molar-refractivity contribution is 0.298. The lowest BCUT2D eigenvalue weighted by Gasteiger charge is -2.01. The molecule has 0 atom stereocenters. The van der Waals surface area contributed by atoms with E-state index in [-0.39, 0.29) is 24.7 Å². The highest BCUT2D eigenvalue weighted by atomic mass is 16.3. The number of anilines is 2. The molecule has 6 heteroatoms. The minimum atomic E-state index is -0.467. The van der Waals surface area contributed by atoms with E-state index in [0.717, 1.165) is 0 Å². The Hall–Kier alpha value is -1.56. The largest absolute Gasteiger partial charge is 0.396 e. The van der Waals surface area contributed by atoms with Gasteiger partial charge in [0, 0.05) is 13.0 Å². The highest BCUT2D eigenvalue weighted by molar-refractivity contribution is 5.42. The Bertz CT molecular complexity index is 333. The number of aromatic amines is 1.